The molecule has 1 aliphatic carbocycles. The van der Waals surface area contributed by atoms with Gasteiger partial charge in [0.1, 0.15) is 6.07 Å². The van der Waals surface area contributed by atoms with Crippen LogP contribution in [0.4, 0.5) is 5.69 Å². The van der Waals surface area contributed by atoms with Crippen molar-refractivity contribution < 1.29 is 0 Å². The summed E-state index contributed by atoms with van der Waals surface area (Å²) >= 11 is 9.42. The van der Waals surface area contributed by atoms with Crippen LogP contribution in [0.5, 0.6) is 0 Å². The van der Waals surface area contributed by atoms with Crippen molar-refractivity contribution in [3.05, 3.63) is 62.6 Å². The van der Waals surface area contributed by atoms with Crippen LogP contribution in [0.15, 0.2) is 40.9 Å². The van der Waals surface area contributed by atoms with Crippen LogP contribution < -0.4 is 5.32 Å². The van der Waals surface area contributed by atoms with E-state index in [0.29, 0.717) is 5.56 Å². The zero-order valence-electron chi connectivity index (χ0n) is 10.7. The van der Waals surface area contributed by atoms with Crippen molar-refractivity contribution in [2.75, 3.05) is 5.32 Å². The molecular formula is C16H12BrClN2. The van der Waals surface area contributed by atoms with E-state index in [-0.39, 0.29) is 6.04 Å². The predicted octanol–water partition coefficient (Wildman–Crippen LogP) is 5.07. The molecule has 0 spiro atoms. The molecule has 2 aromatic carbocycles. The van der Waals surface area contributed by atoms with Crippen LogP contribution >= 0.6 is 27.5 Å². The number of aryl methyl sites for hydroxylation is 1. The van der Waals surface area contributed by atoms with E-state index in [2.05, 4.69) is 33.4 Å². The maximum atomic E-state index is 9.22. The number of halogens is 2. The largest absolute Gasteiger partial charge is 0.377 e. The molecule has 0 saturated heterocycles. The third-order valence-corrected chi connectivity index (χ3v) is 4.34. The van der Waals surface area contributed by atoms with Crippen LogP contribution in [0.2, 0.25) is 5.02 Å². The normalized spacial score (nSPS) is 16.6. The highest BCUT2D eigenvalue weighted by Gasteiger charge is 2.23. The highest BCUT2D eigenvalue weighted by atomic mass is 79.9. The van der Waals surface area contributed by atoms with Gasteiger partial charge in [0, 0.05) is 9.50 Å². The van der Waals surface area contributed by atoms with Crippen molar-refractivity contribution in [3.63, 3.8) is 0 Å². The second-order valence-electron chi connectivity index (χ2n) is 4.88. The second-order valence-corrected chi connectivity index (χ2v) is 6.23. The van der Waals surface area contributed by atoms with E-state index in [9.17, 15) is 5.26 Å². The zero-order chi connectivity index (χ0) is 14.1. The summed E-state index contributed by atoms with van der Waals surface area (Å²) < 4.78 is 0.915. The van der Waals surface area contributed by atoms with E-state index in [4.69, 9.17) is 11.6 Å². The Labute approximate surface area is 131 Å². The molecule has 0 fully saturated rings. The predicted molar refractivity (Wildman–Crippen MR) is 85.0 cm³/mol. The molecule has 4 heteroatoms. The lowest BCUT2D eigenvalue weighted by Crippen LogP contribution is -2.08. The molecule has 0 saturated carbocycles. The van der Waals surface area contributed by atoms with E-state index in [0.717, 1.165) is 28.0 Å². The van der Waals surface area contributed by atoms with Gasteiger partial charge in [-0.15, -0.1) is 0 Å². The molecule has 3 rings (SSSR count). The Bertz CT molecular complexity index is 706. The molecule has 0 amide bonds. The number of nitrogens with zero attached hydrogens (tertiary/aromatic N) is 1. The molecule has 0 aromatic heterocycles. The van der Waals surface area contributed by atoms with Gasteiger partial charge in [-0.25, -0.2) is 0 Å². The molecular weight excluding hydrogens is 336 g/mol. The number of hydrogen-bond donors (Lipinski definition) is 1. The standard InChI is InChI=1S/C16H12BrClN2/c17-12-2-6-15(11(7-12)9-19)20-16-5-1-10-8-13(18)3-4-14(10)16/h2-4,6-8,16,20H,1,5H2. The first-order chi connectivity index (χ1) is 9.67. The first-order valence-electron chi connectivity index (χ1n) is 6.42. The Morgan fingerprint density at radius 3 is 2.90 bits per heavy atom. The summed E-state index contributed by atoms with van der Waals surface area (Å²) in [4.78, 5) is 0. The van der Waals surface area contributed by atoms with Gasteiger partial charge < -0.3 is 5.32 Å². The Kier molecular flexibility index (Phi) is 3.69. The summed E-state index contributed by atoms with van der Waals surface area (Å²) in [6, 6.07) is 14.2. The summed E-state index contributed by atoms with van der Waals surface area (Å²) in [5.74, 6) is 0. The highest BCUT2D eigenvalue weighted by Crippen LogP contribution is 2.36. The van der Waals surface area contributed by atoms with Crippen molar-refractivity contribution in [2.45, 2.75) is 18.9 Å². The average molecular weight is 348 g/mol. The average Bonchev–Trinajstić information content (AvgIpc) is 2.83. The SMILES string of the molecule is N#Cc1cc(Br)ccc1NC1CCc2cc(Cl)ccc21. The minimum atomic E-state index is 0.246. The third kappa shape index (κ3) is 2.54. The van der Waals surface area contributed by atoms with Crippen LogP contribution in [0, 0.1) is 11.3 Å². The topological polar surface area (TPSA) is 35.8 Å². The lowest BCUT2D eigenvalue weighted by Gasteiger charge is -2.16. The fourth-order valence-corrected chi connectivity index (χ4v) is 3.21. The first-order valence-corrected chi connectivity index (χ1v) is 7.59. The molecule has 0 aliphatic heterocycles. The number of nitriles is 1. The number of benzene rings is 2. The molecule has 100 valence electrons. The van der Waals surface area contributed by atoms with E-state index in [1.54, 1.807) is 0 Å². The fraction of sp³-hybridized carbons (Fsp3) is 0.188. The van der Waals surface area contributed by atoms with Crippen molar-refractivity contribution in [2.24, 2.45) is 0 Å². The van der Waals surface area contributed by atoms with Gasteiger partial charge in [0.05, 0.1) is 17.3 Å². The molecule has 2 nitrogen and oxygen atoms in total. The van der Waals surface area contributed by atoms with Crippen LogP contribution in [-0.2, 0) is 6.42 Å². The van der Waals surface area contributed by atoms with Crippen LogP contribution in [0.1, 0.15) is 29.2 Å². The van der Waals surface area contributed by atoms with Crippen LogP contribution in [0.25, 0.3) is 0 Å². The van der Waals surface area contributed by atoms with Crippen molar-refractivity contribution in [1.29, 1.82) is 5.26 Å². The molecule has 20 heavy (non-hydrogen) atoms. The Balaban J connectivity index is 1.90. The zero-order valence-corrected chi connectivity index (χ0v) is 13.0. The van der Waals surface area contributed by atoms with Gasteiger partial charge in [0.25, 0.3) is 0 Å². The number of fused-ring (bicyclic) bond motifs is 1. The van der Waals surface area contributed by atoms with Gasteiger partial charge in [-0.1, -0.05) is 33.6 Å². The van der Waals surface area contributed by atoms with Gasteiger partial charge in [-0.05, 0) is 54.3 Å². The fourth-order valence-electron chi connectivity index (χ4n) is 2.66. The van der Waals surface area contributed by atoms with Gasteiger partial charge in [0.2, 0.25) is 0 Å². The van der Waals surface area contributed by atoms with Gasteiger partial charge in [-0.3, -0.25) is 0 Å². The summed E-state index contributed by atoms with van der Waals surface area (Å²) in [6.07, 6.45) is 2.04. The van der Waals surface area contributed by atoms with Crippen molar-refractivity contribution in [1.82, 2.24) is 0 Å². The summed E-state index contributed by atoms with van der Waals surface area (Å²) in [5.41, 5.74) is 4.11. The molecule has 1 atom stereocenters. The molecule has 0 bridgehead atoms. The highest BCUT2D eigenvalue weighted by molar-refractivity contribution is 9.10. The van der Waals surface area contributed by atoms with E-state index in [1.165, 1.54) is 11.1 Å². The lowest BCUT2D eigenvalue weighted by molar-refractivity contribution is 0.761. The minimum absolute atomic E-state index is 0.246. The van der Waals surface area contributed by atoms with E-state index in [1.807, 2.05) is 30.3 Å². The molecule has 1 unspecified atom stereocenters. The van der Waals surface area contributed by atoms with Crippen molar-refractivity contribution >= 4 is 33.2 Å². The maximum absolute atomic E-state index is 9.22. The second kappa shape index (κ2) is 5.47. The maximum Gasteiger partial charge on any atom is 0.101 e. The number of hydrogen-bond acceptors (Lipinski definition) is 2. The lowest BCUT2D eigenvalue weighted by atomic mass is 10.1. The van der Waals surface area contributed by atoms with Crippen LogP contribution in [-0.4, -0.2) is 0 Å². The Morgan fingerprint density at radius 2 is 2.10 bits per heavy atom. The van der Waals surface area contributed by atoms with Gasteiger partial charge >= 0.3 is 0 Å². The molecule has 0 heterocycles. The molecule has 1 aliphatic rings. The Hall–Kier alpha value is -1.50. The number of anilines is 1. The summed E-state index contributed by atoms with van der Waals surface area (Å²) in [5, 5.41) is 13.5. The Morgan fingerprint density at radius 1 is 1.25 bits per heavy atom. The smallest absolute Gasteiger partial charge is 0.101 e. The first kappa shape index (κ1) is 13.5. The number of rotatable bonds is 2. The van der Waals surface area contributed by atoms with Crippen molar-refractivity contribution in [3.8, 4) is 6.07 Å². The van der Waals surface area contributed by atoms with E-state index >= 15 is 0 Å². The summed E-state index contributed by atoms with van der Waals surface area (Å²) in [6.45, 7) is 0. The molecule has 1 N–H and O–H groups in total. The van der Waals surface area contributed by atoms with E-state index < -0.39 is 0 Å². The minimum Gasteiger partial charge on any atom is -0.377 e. The van der Waals surface area contributed by atoms with Gasteiger partial charge in [-0.2, -0.15) is 5.26 Å². The number of nitrogens with one attached hydrogen (secondary N) is 1. The monoisotopic (exact) mass is 346 g/mol. The molecule has 0 radical (unpaired) electrons. The quantitative estimate of drug-likeness (QED) is 0.823. The summed E-state index contributed by atoms with van der Waals surface area (Å²) in [7, 11) is 0. The van der Waals surface area contributed by atoms with Crippen LogP contribution in [0.3, 0.4) is 0 Å². The molecule has 2 aromatic rings. The van der Waals surface area contributed by atoms with Gasteiger partial charge in [0.15, 0.2) is 0 Å². The third-order valence-electron chi connectivity index (χ3n) is 3.61.